The van der Waals surface area contributed by atoms with Crippen molar-refractivity contribution in [3.63, 3.8) is 0 Å². The third-order valence-corrected chi connectivity index (χ3v) is 4.88. The van der Waals surface area contributed by atoms with Crippen LogP contribution in [0.4, 0.5) is 0 Å². The molecule has 0 radical (unpaired) electrons. The topological polar surface area (TPSA) is 62.0 Å². The second kappa shape index (κ2) is 8.53. The molecule has 2 unspecified atom stereocenters. The maximum absolute atomic E-state index is 5.90. The van der Waals surface area contributed by atoms with Gasteiger partial charge < -0.3 is 19.8 Å². The zero-order chi connectivity index (χ0) is 16.8. The molecule has 0 spiro atoms. The quantitative estimate of drug-likeness (QED) is 0.616. The number of likely N-dealkylation sites (tertiary alicyclic amines) is 1. The fraction of sp³-hybridized carbons (Fsp3) is 0.722. The largest absolute Gasteiger partial charge is 0.465 e. The number of aryl methyl sites for hydroxylation is 1. The Kier molecular flexibility index (Phi) is 6.15. The number of hydrogen-bond donors (Lipinski definition) is 2. The van der Waals surface area contributed by atoms with E-state index in [9.17, 15) is 0 Å². The Labute approximate surface area is 144 Å². The summed E-state index contributed by atoms with van der Waals surface area (Å²) in [5.41, 5.74) is 0. The summed E-state index contributed by atoms with van der Waals surface area (Å²) in [7, 11) is 1.81. The zero-order valence-corrected chi connectivity index (χ0v) is 14.9. The van der Waals surface area contributed by atoms with Crippen molar-refractivity contribution in [2.75, 3.05) is 39.8 Å². The highest BCUT2D eigenvalue weighted by Gasteiger charge is 2.26. The van der Waals surface area contributed by atoms with Gasteiger partial charge in [-0.25, -0.2) is 0 Å². The highest BCUT2D eigenvalue weighted by Crippen LogP contribution is 2.26. The number of nitrogens with zero attached hydrogens (tertiary/aromatic N) is 2. The molecule has 0 aliphatic carbocycles. The second-order valence-corrected chi connectivity index (χ2v) is 6.68. The Balaban J connectivity index is 1.55. The van der Waals surface area contributed by atoms with Crippen LogP contribution in [0.15, 0.2) is 21.5 Å². The first-order valence-electron chi connectivity index (χ1n) is 9.13. The molecular formula is C18H30N4O2. The van der Waals surface area contributed by atoms with Gasteiger partial charge in [0.15, 0.2) is 5.96 Å². The monoisotopic (exact) mass is 334 g/mol. The third-order valence-electron chi connectivity index (χ3n) is 4.88. The van der Waals surface area contributed by atoms with Gasteiger partial charge in [-0.2, -0.15) is 0 Å². The lowest BCUT2D eigenvalue weighted by Crippen LogP contribution is -2.44. The summed E-state index contributed by atoms with van der Waals surface area (Å²) in [6.07, 6.45) is 5.13. The van der Waals surface area contributed by atoms with Crippen molar-refractivity contribution >= 4 is 5.96 Å². The van der Waals surface area contributed by atoms with Crippen LogP contribution < -0.4 is 10.6 Å². The van der Waals surface area contributed by atoms with Gasteiger partial charge in [0.05, 0.1) is 12.1 Å². The van der Waals surface area contributed by atoms with Crippen molar-refractivity contribution in [1.29, 1.82) is 0 Å². The van der Waals surface area contributed by atoms with E-state index in [1.165, 1.54) is 12.8 Å². The number of aliphatic imine (C=N–C) groups is 1. The van der Waals surface area contributed by atoms with Crippen LogP contribution >= 0.6 is 0 Å². The summed E-state index contributed by atoms with van der Waals surface area (Å²) in [5.74, 6) is 2.84. The molecule has 2 atom stereocenters. The van der Waals surface area contributed by atoms with Gasteiger partial charge in [-0.3, -0.25) is 9.89 Å². The number of rotatable bonds is 6. The molecule has 134 valence electrons. The van der Waals surface area contributed by atoms with Crippen LogP contribution in [0.5, 0.6) is 0 Å². The van der Waals surface area contributed by atoms with E-state index in [2.05, 4.69) is 26.6 Å². The van der Waals surface area contributed by atoms with Crippen molar-refractivity contribution in [2.45, 2.75) is 44.8 Å². The number of hydrogen-bond acceptors (Lipinski definition) is 4. The molecule has 0 saturated carbocycles. The molecule has 0 bridgehead atoms. The standard InChI is InChI=1S/C18H30N4O2/c1-14-7-8-17(24-14)16(22-9-3-4-10-22)13-21-18(19-2)20-12-15-6-5-11-23-15/h7-8,15-16H,3-6,9-13H2,1-2H3,(H2,19,20,21). The zero-order valence-electron chi connectivity index (χ0n) is 14.9. The summed E-state index contributed by atoms with van der Waals surface area (Å²) in [6.45, 7) is 6.75. The fourth-order valence-corrected chi connectivity index (χ4v) is 3.53. The molecule has 0 aromatic carbocycles. The molecule has 0 amide bonds. The van der Waals surface area contributed by atoms with Crippen LogP contribution in [0.25, 0.3) is 0 Å². The summed E-state index contributed by atoms with van der Waals surface area (Å²) in [4.78, 5) is 6.83. The highest BCUT2D eigenvalue weighted by molar-refractivity contribution is 5.79. The van der Waals surface area contributed by atoms with E-state index in [-0.39, 0.29) is 6.04 Å². The Bertz CT molecular complexity index is 531. The maximum Gasteiger partial charge on any atom is 0.191 e. The van der Waals surface area contributed by atoms with Gasteiger partial charge in [0.25, 0.3) is 0 Å². The Hall–Kier alpha value is -1.53. The smallest absolute Gasteiger partial charge is 0.191 e. The van der Waals surface area contributed by atoms with Crippen molar-refractivity contribution in [3.05, 3.63) is 23.7 Å². The van der Waals surface area contributed by atoms with Crippen molar-refractivity contribution < 1.29 is 9.15 Å². The molecular weight excluding hydrogens is 304 g/mol. The molecule has 24 heavy (non-hydrogen) atoms. The normalized spacial score (nSPS) is 23.6. The molecule has 3 heterocycles. The van der Waals surface area contributed by atoms with E-state index in [4.69, 9.17) is 9.15 Å². The van der Waals surface area contributed by atoms with Crippen LogP contribution in [0.3, 0.4) is 0 Å². The summed E-state index contributed by atoms with van der Waals surface area (Å²) in [5, 5.41) is 6.84. The summed E-state index contributed by atoms with van der Waals surface area (Å²) >= 11 is 0. The summed E-state index contributed by atoms with van der Waals surface area (Å²) < 4.78 is 11.6. The molecule has 2 saturated heterocycles. The predicted octanol–water partition coefficient (Wildman–Crippen LogP) is 2.07. The van der Waals surface area contributed by atoms with Crippen LogP contribution in [-0.4, -0.2) is 56.8 Å². The van der Waals surface area contributed by atoms with Crippen LogP contribution in [0, 0.1) is 6.92 Å². The minimum absolute atomic E-state index is 0.252. The minimum atomic E-state index is 0.252. The van der Waals surface area contributed by atoms with E-state index in [1.807, 2.05) is 20.0 Å². The minimum Gasteiger partial charge on any atom is -0.465 e. The fourth-order valence-electron chi connectivity index (χ4n) is 3.53. The third kappa shape index (κ3) is 4.51. The molecule has 3 rings (SSSR count). The van der Waals surface area contributed by atoms with Crippen molar-refractivity contribution in [2.24, 2.45) is 4.99 Å². The van der Waals surface area contributed by atoms with Gasteiger partial charge in [0, 0.05) is 26.7 Å². The lowest BCUT2D eigenvalue weighted by molar-refractivity contribution is 0.113. The average molecular weight is 334 g/mol. The first-order valence-corrected chi connectivity index (χ1v) is 9.13. The van der Waals surface area contributed by atoms with Gasteiger partial charge in [0.2, 0.25) is 0 Å². The first-order chi connectivity index (χ1) is 11.8. The number of ether oxygens (including phenoxy) is 1. The molecule has 1 aromatic rings. The van der Waals surface area contributed by atoms with Crippen LogP contribution in [0.1, 0.15) is 43.2 Å². The highest BCUT2D eigenvalue weighted by atomic mass is 16.5. The van der Waals surface area contributed by atoms with Gasteiger partial charge in [-0.15, -0.1) is 0 Å². The van der Waals surface area contributed by atoms with Gasteiger partial charge >= 0.3 is 0 Å². The van der Waals surface area contributed by atoms with Crippen LogP contribution in [-0.2, 0) is 4.74 Å². The van der Waals surface area contributed by atoms with Gasteiger partial charge in [0.1, 0.15) is 11.5 Å². The molecule has 6 nitrogen and oxygen atoms in total. The Morgan fingerprint density at radius 3 is 2.75 bits per heavy atom. The number of guanidine groups is 1. The molecule has 2 aliphatic heterocycles. The van der Waals surface area contributed by atoms with Crippen molar-refractivity contribution in [3.8, 4) is 0 Å². The molecule has 2 N–H and O–H groups in total. The van der Waals surface area contributed by atoms with E-state index in [1.54, 1.807) is 0 Å². The lowest BCUT2D eigenvalue weighted by Gasteiger charge is -2.27. The average Bonchev–Trinajstić information content (AvgIpc) is 3.33. The van der Waals surface area contributed by atoms with E-state index >= 15 is 0 Å². The van der Waals surface area contributed by atoms with E-state index in [0.29, 0.717) is 6.10 Å². The number of nitrogens with one attached hydrogen (secondary N) is 2. The van der Waals surface area contributed by atoms with Gasteiger partial charge in [-0.1, -0.05) is 0 Å². The second-order valence-electron chi connectivity index (χ2n) is 6.68. The molecule has 2 aliphatic rings. The van der Waals surface area contributed by atoms with Gasteiger partial charge in [-0.05, 0) is 57.8 Å². The van der Waals surface area contributed by atoms with Crippen molar-refractivity contribution in [1.82, 2.24) is 15.5 Å². The SMILES string of the molecule is CN=C(NCC1CCCO1)NCC(c1ccc(C)o1)N1CCCC1. The van der Waals surface area contributed by atoms with E-state index in [0.717, 1.165) is 63.1 Å². The Morgan fingerprint density at radius 1 is 1.29 bits per heavy atom. The summed E-state index contributed by atoms with van der Waals surface area (Å²) in [6, 6.07) is 4.40. The van der Waals surface area contributed by atoms with E-state index < -0.39 is 0 Å². The molecule has 1 aromatic heterocycles. The first kappa shape index (κ1) is 17.3. The van der Waals surface area contributed by atoms with Crippen LogP contribution in [0.2, 0.25) is 0 Å². The number of furan rings is 1. The lowest BCUT2D eigenvalue weighted by atomic mass is 10.2. The Morgan fingerprint density at radius 2 is 2.12 bits per heavy atom. The molecule has 2 fully saturated rings. The molecule has 6 heteroatoms. The predicted molar refractivity (Wildman–Crippen MR) is 95.3 cm³/mol. The maximum atomic E-state index is 5.90.